The van der Waals surface area contributed by atoms with Crippen LogP contribution >= 0.6 is 11.6 Å². The van der Waals surface area contributed by atoms with Crippen molar-refractivity contribution in [3.8, 4) is 5.75 Å². The van der Waals surface area contributed by atoms with Crippen LogP contribution in [0.4, 0.5) is 4.79 Å². The Kier molecular flexibility index (Phi) is 7.56. The number of hydrogen-bond acceptors (Lipinski definition) is 5. The molecule has 0 bridgehead atoms. The van der Waals surface area contributed by atoms with E-state index < -0.39 is 12.0 Å². The summed E-state index contributed by atoms with van der Waals surface area (Å²) in [7, 11) is 1.76. The molecule has 1 rings (SSSR count). The first-order valence-corrected chi connectivity index (χ1v) is 6.92. The monoisotopic (exact) mass is 314 g/mol. The minimum atomic E-state index is -0.728. The Balaban J connectivity index is 2.21. The number of carbonyl (C=O) groups excluding carboxylic acids is 2. The van der Waals surface area contributed by atoms with Gasteiger partial charge in [-0.1, -0.05) is 11.6 Å². The van der Waals surface area contributed by atoms with E-state index in [0.717, 1.165) is 0 Å². The van der Waals surface area contributed by atoms with Crippen molar-refractivity contribution in [2.45, 2.75) is 6.92 Å². The summed E-state index contributed by atoms with van der Waals surface area (Å²) in [5, 5.41) is 2.78. The van der Waals surface area contributed by atoms with Crippen LogP contribution in [0.5, 0.6) is 5.75 Å². The van der Waals surface area contributed by atoms with Gasteiger partial charge in [0.2, 0.25) is 5.91 Å². The highest BCUT2D eigenvalue weighted by molar-refractivity contribution is 6.30. The molecule has 0 aliphatic rings. The normalized spacial score (nSPS) is 10.3. The molecule has 0 aromatic heterocycles. The van der Waals surface area contributed by atoms with Crippen molar-refractivity contribution >= 4 is 23.6 Å². The second kappa shape index (κ2) is 9.20. The van der Waals surface area contributed by atoms with Crippen LogP contribution in [0.2, 0.25) is 5.02 Å². The largest absolute Gasteiger partial charge is 0.492 e. The summed E-state index contributed by atoms with van der Waals surface area (Å²) < 4.78 is 10.1. The third-order valence-electron chi connectivity index (χ3n) is 2.49. The number of amides is 2. The van der Waals surface area contributed by atoms with E-state index in [1.807, 2.05) is 0 Å². The smallest absolute Gasteiger partial charge is 0.413 e. The van der Waals surface area contributed by atoms with E-state index in [1.54, 1.807) is 43.1 Å². The topological polar surface area (TPSA) is 67.9 Å². The average molecular weight is 315 g/mol. The lowest BCUT2D eigenvalue weighted by Gasteiger charge is -2.16. The van der Waals surface area contributed by atoms with Crippen molar-refractivity contribution < 1.29 is 19.1 Å². The molecule has 116 valence electrons. The fraction of sp³-hybridized carbons (Fsp3) is 0.429. The third kappa shape index (κ3) is 7.53. The number of hydrogen-bond donors (Lipinski definition) is 1. The third-order valence-corrected chi connectivity index (χ3v) is 2.74. The number of benzene rings is 1. The van der Waals surface area contributed by atoms with Gasteiger partial charge in [-0.15, -0.1) is 0 Å². The van der Waals surface area contributed by atoms with Crippen molar-refractivity contribution in [2.75, 3.05) is 33.4 Å². The predicted octanol–water partition coefficient (Wildman–Crippen LogP) is 1.92. The Labute approximate surface area is 129 Å². The molecule has 0 saturated carbocycles. The van der Waals surface area contributed by atoms with Gasteiger partial charge >= 0.3 is 6.09 Å². The Morgan fingerprint density at radius 2 is 1.95 bits per heavy atom. The lowest BCUT2D eigenvalue weighted by Crippen LogP contribution is -2.40. The molecular weight excluding hydrogens is 296 g/mol. The number of halogens is 1. The highest BCUT2D eigenvalue weighted by Gasteiger charge is 2.10. The summed E-state index contributed by atoms with van der Waals surface area (Å²) >= 11 is 5.77. The standard InChI is InChI=1S/C14H19ClN2O4/c1-3-20-14(19)16-13(18)10-17(2)8-9-21-12-6-4-11(15)5-7-12/h4-7H,3,8-10H2,1-2H3,(H,16,18,19). The molecule has 0 atom stereocenters. The molecule has 2 amide bonds. The molecule has 0 fully saturated rings. The van der Waals surface area contributed by atoms with Gasteiger partial charge in [0.05, 0.1) is 13.2 Å². The van der Waals surface area contributed by atoms with E-state index in [4.69, 9.17) is 16.3 Å². The van der Waals surface area contributed by atoms with Crippen molar-refractivity contribution in [1.29, 1.82) is 0 Å². The van der Waals surface area contributed by atoms with E-state index in [0.29, 0.717) is 23.9 Å². The first kappa shape index (κ1) is 17.3. The average Bonchev–Trinajstić information content (AvgIpc) is 2.41. The zero-order valence-electron chi connectivity index (χ0n) is 12.1. The molecule has 1 aromatic rings. The number of nitrogens with one attached hydrogen (secondary N) is 1. The lowest BCUT2D eigenvalue weighted by atomic mass is 10.3. The maximum atomic E-state index is 11.5. The summed E-state index contributed by atoms with van der Waals surface area (Å²) in [4.78, 5) is 24.3. The van der Waals surface area contributed by atoms with Crippen LogP contribution in [-0.4, -0.2) is 50.3 Å². The van der Waals surface area contributed by atoms with Gasteiger partial charge < -0.3 is 9.47 Å². The molecule has 0 unspecified atom stereocenters. The maximum Gasteiger partial charge on any atom is 0.413 e. The summed E-state index contributed by atoms with van der Waals surface area (Å²) in [5.74, 6) is 0.297. The zero-order chi connectivity index (χ0) is 15.7. The molecule has 0 aliphatic heterocycles. The molecule has 0 saturated heterocycles. The van der Waals surface area contributed by atoms with Gasteiger partial charge in [-0.25, -0.2) is 4.79 Å². The van der Waals surface area contributed by atoms with E-state index in [9.17, 15) is 9.59 Å². The highest BCUT2D eigenvalue weighted by Crippen LogP contribution is 2.15. The number of alkyl carbamates (subject to hydrolysis) is 1. The second-order valence-corrected chi connectivity index (χ2v) is 4.75. The molecular formula is C14H19ClN2O4. The number of ether oxygens (including phenoxy) is 2. The number of rotatable bonds is 7. The maximum absolute atomic E-state index is 11.5. The predicted molar refractivity (Wildman–Crippen MR) is 79.6 cm³/mol. The van der Waals surface area contributed by atoms with Crippen LogP contribution in [-0.2, 0) is 9.53 Å². The van der Waals surface area contributed by atoms with Crippen LogP contribution in [0.15, 0.2) is 24.3 Å². The van der Waals surface area contributed by atoms with Gasteiger partial charge in [0.15, 0.2) is 0 Å². The van der Waals surface area contributed by atoms with Crippen LogP contribution in [0, 0.1) is 0 Å². The second-order valence-electron chi connectivity index (χ2n) is 4.31. The van der Waals surface area contributed by atoms with E-state index >= 15 is 0 Å². The van der Waals surface area contributed by atoms with Gasteiger partial charge in [0, 0.05) is 11.6 Å². The SMILES string of the molecule is CCOC(=O)NC(=O)CN(C)CCOc1ccc(Cl)cc1. The summed E-state index contributed by atoms with van der Waals surface area (Å²) in [6.45, 7) is 2.95. The summed E-state index contributed by atoms with van der Waals surface area (Å²) in [5.41, 5.74) is 0. The van der Waals surface area contributed by atoms with Crippen molar-refractivity contribution in [3.05, 3.63) is 29.3 Å². The minimum absolute atomic E-state index is 0.0861. The molecule has 0 radical (unpaired) electrons. The Hall–Kier alpha value is -1.79. The molecule has 6 nitrogen and oxygen atoms in total. The molecule has 0 aliphatic carbocycles. The van der Waals surface area contributed by atoms with E-state index in [1.165, 1.54) is 0 Å². The van der Waals surface area contributed by atoms with Crippen molar-refractivity contribution in [3.63, 3.8) is 0 Å². The molecule has 0 heterocycles. The van der Waals surface area contributed by atoms with Gasteiger partial charge in [-0.2, -0.15) is 0 Å². The van der Waals surface area contributed by atoms with Crippen molar-refractivity contribution in [1.82, 2.24) is 10.2 Å². The summed E-state index contributed by atoms with van der Waals surface area (Å²) in [6, 6.07) is 7.03. The molecule has 7 heteroatoms. The molecule has 1 N–H and O–H groups in total. The first-order valence-electron chi connectivity index (χ1n) is 6.54. The fourth-order valence-electron chi connectivity index (χ4n) is 1.49. The van der Waals surface area contributed by atoms with Gasteiger partial charge in [0.1, 0.15) is 12.4 Å². The van der Waals surface area contributed by atoms with E-state index in [2.05, 4.69) is 10.1 Å². The number of nitrogens with zero attached hydrogens (tertiary/aromatic N) is 1. The number of likely N-dealkylation sites (N-methyl/N-ethyl adjacent to an activating group) is 1. The van der Waals surface area contributed by atoms with Crippen LogP contribution in [0.25, 0.3) is 0 Å². The molecule has 0 spiro atoms. The quantitative estimate of drug-likeness (QED) is 0.833. The summed E-state index contributed by atoms with van der Waals surface area (Å²) in [6.07, 6.45) is -0.728. The minimum Gasteiger partial charge on any atom is -0.492 e. The lowest BCUT2D eigenvalue weighted by molar-refractivity contribution is -0.121. The van der Waals surface area contributed by atoms with Gasteiger partial charge in [0.25, 0.3) is 0 Å². The number of carbonyl (C=O) groups is 2. The highest BCUT2D eigenvalue weighted by atomic mass is 35.5. The van der Waals surface area contributed by atoms with Crippen molar-refractivity contribution in [2.24, 2.45) is 0 Å². The van der Waals surface area contributed by atoms with Crippen LogP contribution in [0.3, 0.4) is 0 Å². The Morgan fingerprint density at radius 3 is 2.57 bits per heavy atom. The zero-order valence-corrected chi connectivity index (χ0v) is 12.9. The van der Waals surface area contributed by atoms with Crippen LogP contribution in [0.1, 0.15) is 6.92 Å². The van der Waals surface area contributed by atoms with Gasteiger partial charge in [-0.3, -0.25) is 15.0 Å². The Bertz CT molecular complexity index is 465. The van der Waals surface area contributed by atoms with Crippen LogP contribution < -0.4 is 10.1 Å². The first-order chi connectivity index (χ1) is 10.0. The fourth-order valence-corrected chi connectivity index (χ4v) is 1.62. The van der Waals surface area contributed by atoms with E-state index in [-0.39, 0.29) is 13.2 Å². The molecule has 21 heavy (non-hydrogen) atoms. The molecule has 1 aromatic carbocycles. The Morgan fingerprint density at radius 1 is 1.29 bits per heavy atom. The number of imide groups is 1. The van der Waals surface area contributed by atoms with Gasteiger partial charge in [-0.05, 0) is 38.2 Å².